The number of aromatic amines is 1. The fraction of sp³-hybridized carbons (Fsp3) is 0.462. The zero-order valence-corrected chi connectivity index (χ0v) is 20.4. The quantitative estimate of drug-likeness (QED) is 0.347. The Kier molecular flexibility index (Phi) is 7.05. The van der Waals surface area contributed by atoms with Crippen molar-refractivity contribution in [3.05, 3.63) is 41.3 Å². The highest BCUT2D eigenvalue weighted by molar-refractivity contribution is 6.09. The molecule has 2 heterocycles. The Balaban J connectivity index is 1.44. The molecule has 0 aliphatic heterocycles. The lowest BCUT2D eigenvalue weighted by atomic mass is 10.0. The number of amides is 2. The van der Waals surface area contributed by atoms with Gasteiger partial charge in [0.05, 0.1) is 17.7 Å². The van der Waals surface area contributed by atoms with E-state index in [2.05, 4.69) is 25.6 Å². The zero-order chi connectivity index (χ0) is 26.1. The van der Waals surface area contributed by atoms with Gasteiger partial charge in [0.25, 0.3) is 12.3 Å². The van der Waals surface area contributed by atoms with E-state index in [0.717, 1.165) is 12.8 Å². The number of H-pyrrole nitrogens is 1. The number of aryl methyl sites for hydroxylation is 1. The molecule has 196 valence electrons. The van der Waals surface area contributed by atoms with E-state index in [4.69, 9.17) is 9.84 Å². The number of hydrogen-bond acceptors (Lipinski definition) is 6. The molecule has 0 spiro atoms. The van der Waals surface area contributed by atoms with Crippen LogP contribution in [0.4, 0.5) is 8.78 Å². The number of hydrogen-bond donors (Lipinski definition) is 4. The molecule has 5 rings (SSSR count). The summed E-state index contributed by atoms with van der Waals surface area (Å²) in [6, 6.07) is 4.02. The van der Waals surface area contributed by atoms with Gasteiger partial charge in [-0.25, -0.2) is 18.7 Å². The molecule has 3 aromatic rings. The van der Waals surface area contributed by atoms with Crippen LogP contribution < -0.4 is 15.4 Å². The number of nitrogens with one attached hydrogen (secondary N) is 3. The summed E-state index contributed by atoms with van der Waals surface area (Å²) in [6.45, 7) is 1.69. The van der Waals surface area contributed by atoms with Crippen molar-refractivity contribution in [2.75, 3.05) is 13.2 Å². The third-order valence-electron chi connectivity index (χ3n) is 6.96. The Morgan fingerprint density at radius 2 is 1.92 bits per heavy atom. The minimum absolute atomic E-state index is 0.112. The lowest BCUT2D eigenvalue weighted by Crippen LogP contribution is -2.38. The molecule has 37 heavy (non-hydrogen) atoms. The van der Waals surface area contributed by atoms with Crippen LogP contribution in [-0.2, 0) is 4.79 Å². The van der Waals surface area contributed by atoms with Gasteiger partial charge in [-0.15, -0.1) is 0 Å². The average Bonchev–Trinajstić information content (AvgIpc) is 3.51. The monoisotopic (exact) mass is 513 g/mol. The van der Waals surface area contributed by atoms with E-state index in [-0.39, 0.29) is 23.6 Å². The molecular formula is C26H29F2N5O4. The summed E-state index contributed by atoms with van der Waals surface area (Å²) in [4.78, 5) is 36.7. The number of benzene rings is 1. The molecule has 2 saturated carbocycles. The molecule has 2 aromatic heterocycles. The number of rotatable bonds is 9. The maximum Gasteiger partial charge on any atom is 0.263 e. The minimum atomic E-state index is -2.65. The van der Waals surface area contributed by atoms with Gasteiger partial charge < -0.3 is 25.5 Å². The van der Waals surface area contributed by atoms with E-state index < -0.39 is 18.9 Å². The fourth-order valence-electron chi connectivity index (χ4n) is 4.86. The molecule has 2 fully saturated rings. The van der Waals surface area contributed by atoms with Crippen LogP contribution in [0.2, 0.25) is 0 Å². The van der Waals surface area contributed by atoms with Crippen LogP contribution in [0.1, 0.15) is 60.1 Å². The van der Waals surface area contributed by atoms with Crippen LogP contribution in [0.5, 0.6) is 5.75 Å². The highest BCUT2D eigenvalue weighted by Gasteiger charge is 2.29. The summed E-state index contributed by atoms with van der Waals surface area (Å²) in [7, 11) is 0. The number of nitrogens with zero attached hydrogens (tertiary/aromatic N) is 2. The molecule has 4 N–H and O–H groups in total. The first kappa shape index (κ1) is 25.1. The van der Waals surface area contributed by atoms with Crippen LogP contribution >= 0.6 is 0 Å². The van der Waals surface area contributed by atoms with Gasteiger partial charge in [0.2, 0.25) is 5.91 Å². The van der Waals surface area contributed by atoms with Crippen LogP contribution in [0.25, 0.3) is 22.3 Å². The molecule has 11 heteroatoms. The third-order valence-corrected chi connectivity index (χ3v) is 6.96. The number of halogens is 2. The topological polar surface area (TPSA) is 129 Å². The molecule has 2 amide bonds. The van der Waals surface area contributed by atoms with E-state index in [1.165, 1.54) is 18.5 Å². The summed E-state index contributed by atoms with van der Waals surface area (Å²) < 4.78 is 33.1. The molecule has 0 radical (unpaired) electrons. The largest absolute Gasteiger partial charge is 0.493 e. The Labute approximate surface area is 212 Å². The number of aliphatic hydroxyl groups is 1. The van der Waals surface area contributed by atoms with Crippen molar-refractivity contribution in [1.29, 1.82) is 0 Å². The Morgan fingerprint density at radius 3 is 2.62 bits per heavy atom. The Bertz CT molecular complexity index is 1320. The number of ether oxygens (including phenoxy) is 1. The van der Waals surface area contributed by atoms with Crippen molar-refractivity contribution < 1.29 is 28.2 Å². The predicted octanol–water partition coefficient (Wildman–Crippen LogP) is 3.42. The van der Waals surface area contributed by atoms with Crippen molar-refractivity contribution in [1.82, 2.24) is 25.6 Å². The lowest BCUT2D eigenvalue weighted by molar-refractivity contribution is -0.124. The molecule has 0 unspecified atom stereocenters. The van der Waals surface area contributed by atoms with Gasteiger partial charge in [-0.3, -0.25) is 9.59 Å². The van der Waals surface area contributed by atoms with Crippen molar-refractivity contribution >= 4 is 22.8 Å². The number of aliphatic hydroxyl groups excluding tert-OH is 1. The number of carbonyl (C=O) groups is 2. The SMILES string of the molecule is Cc1[nH]c2c(-c3cc(C(F)F)ccc3OCC3CC3)ncnc2c1C(=O)N[C@H]1CC[C@H](NC(=O)CO)C1. The van der Waals surface area contributed by atoms with Crippen LogP contribution in [0.3, 0.4) is 0 Å². The van der Waals surface area contributed by atoms with E-state index in [1.807, 2.05) is 0 Å². The van der Waals surface area contributed by atoms with Gasteiger partial charge in [0.15, 0.2) is 0 Å². The molecule has 2 atom stereocenters. The van der Waals surface area contributed by atoms with E-state index in [1.54, 1.807) is 13.0 Å². The van der Waals surface area contributed by atoms with E-state index >= 15 is 0 Å². The molecule has 9 nitrogen and oxygen atoms in total. The second kappa shape index (κ2) is 10.4. The van der Waals surface area contributed by atoms with Crippen molar-refractivity contribution in [2.45, 2.75) is 57.5 Å². The molecule has 2 aliphatic rings. The maximum atomic E-state index is 13.5. The summed E-state index contributed by atoms with van der Waals surface area (Å²) >= 11 is 0. The Morgan fingerprint density at radius 1 is 1.16 bits per heavy atom. The molecule has 1 aromatic carbocycles. The first-order chi connectivity index (χ1) is 17.8. The molecule has 0 bridgehead atoms. The van der Waals surface area contributed by atoms with Gasteiger partial charge in [-0.1, -0.05) is 0 Å². The van der Waals surface area contributed by atoms with Crippen LogP contribution in [-0.4, -0.2) is 57.2 Å². The van der Waals surface area contributed by atoms with E-state index in [0.29, 0.717) is 71.1 Å². The van der Waals surface area contributed by atoms with Crippen LogP contribution in [0, 0.1) is 12.8 Å². The minimum Gasteiger partial charge on any atom is -0.493 e. The van der Waals surface area contributed by atoms with Gasteiger partial charge in [0.1, 0.15) is 29.9 Å². The molecular weight excluding hydrogens is 484 g/mol. The summed E-state index contributed by atoms with van der Waals surface area (Å²) in [5, 5.41) is 14.7. The van der Waals surface area contributed by atoms with Crippen molar-refractivity contribution in [3.8, 4) is 17.0 Å². The number of fused-ring (bicyclic) bond motifs is 1. The standard InChI is InChI=1S/C26H29F2N5O4/c1-13-21(26(36)33-17-6-5-16(9-17)32-20(35)10-34)23-24(31-13)22(29-12-30-23)18-8-15(25(27)28)4-7-19(18)37-11-14-2-3-14/h4,7-8,12,14,16-17,25,31,34H,2-3,5-6,9-11H2,1H3,(H,32,35)(H,33,36)/t16-,17-/m0/s1. The maximum absolute atomic E-state index is 13.5. The lowest BCUT2D eigenvalue weighted by Gasteiger charge is -2.14. The summed E-state index contributed by atoms with van der Waals surface area (Å²) in [5.74, 6) is 0.170. The first-order valence-corrected chi connectivity index (χ1v) is 12.4. The predicted molar refractivity (Wildman–Crippen MR) is 131 cm³/mol. The van der Waals surface area contributed by atoms with E-state index in [9.17, 15) is 18.4 Å². The van der Waals surface area contributed by atoms with Crippen LogP contribution in [0.15, 0.2) is 24.5 Å². The van der Waals surface area contributed by atoms with Crippen molar-refractivity contribution in [3.63, 3.8) is 0 Å². The van der Waals surface area contributed by atoms with Crippen molar-refractivity contribution in [2.24, 2.45) is 5.92 Å². The van der Waals surface area contributed by atoms with Gasteiger partial charge in [-0.2, -0.15) is 0 Å². The molecule has 2 aliphatic carbocycles. The highest BCUT2D eigenvalue weighted by Crippen LogP contribution is 2.38. The normalized spacial score (nSPS) is 19.4. The number of carbonyl (C=O) groups excluding carboxylic acids is 2. The smallest absolute Gasteiger partial charge is 0.263 e. The second-order valence-corrected chi connectivity index (χ2v) is 9.79. The first-order valence-electron chi connectivity index (χ1n) is 12.4. The fourth-order valence-corrected chi connectivity index (χ4v) is 4.86. The average molecular weight is 514 g/mol. The third kappa shape index (κ3) is 5.41. The Hall–Kier alpha value is -3.60. The van der Waals surface area contributed by atoms with Gasteiger partial charge >= 0.3 is 0 Å². The van der Waals surface area contributed by atoms with Gasteiger partial charge in [0, 0.05) is 28.9 Å². The summed E-state index contributed by atoms with van der Waals surface area (Å²) in [5.41, 5.74) is 2.43. The number of aromatic nitrogens is 3. The zero-order valence-electron chi connectivity index (χ0n) is 20.4. The molecule has 0 saturated heterocycles. The highest BCUT2D eigenvalue weighted by atomic mass is 19.3. The summed E-state index contributed by atoms with van der Waals surface area (Å²) in [6.07, 6.45) is 2.78. The number of alkyl halides is 2. The second-order valence-electron chi connectivity index (χ2n) is 9.79. The van der Waals surface area contributed by atoms with Gasteiger partial charge in [-0.05, 0) is 63.1 Å².